The van der Waals surface area contributed by atoms with Gasteiger partial charge in [0.1, 0.15) is 0 Å². The average molecular weight is 274 g/mol. The van der Waals surface area contributed by atoms with Crippen LogP contribution in [0.2, 0.25) is 0 Å². The summed E-state index contributed by atoms with van der Waals surface area (Å²) in [5.41, 5.74) is 2.14. The third kappa shape index (κ3) is 4.64. The molecule has 0 atom stereocenters. The van der Waals surface area contributed by atoms with Gasteiger partial charge in [0, 0.05) is 11.7 Å². The number of para-hydroxylation sites is 1. The van der Waals surface area contributed by atoms with Gasteiger partial charge in [0.25, 0.3) is 0 Å². The summed E-state index contributed by atoms with van der Waals surface area (Å²) in [6.07, 6.45) is 8.61. The summed E-state index contributed by atoms with van der Waals surface area (Å²) in [5.74, 6) is 0.0650. The Labute approximate surface area is 122 Å². The zero-order valence-corrected chi connectivity index (χ0v) is 12.5. The summed E-state index contributed by atoms with van der Waals surface area (Å²) in [7, 11) is 0. The zero-order chi connectivity index (χ0) is 14.2. The molecule has 1 aliphatic rings. The first-order valence-corrected chi connectivity index (χ1v) is 7.90. The van der Waals surface area contributed by atoms with Crippen molar-refractivity contribution < 1.29 is 4.79 Å². The molecule has 0 aromatic heterocycles. The highest BCUT2D eigenvalue weighted by Crippen LogP contribution is 2.17. The topological polar surface area (TPSA) is 41.1 Å². The van der Waals surface area contributed by atoms with Crippen molar-refractivity contribution in [2.75, 3.05) is 11.9 Å². The van der Waals surface area contributed by atoms with Crippen LogP contribution in [0.4, 0.5) is 5.69 Å². The number of hydrogen-bond donors (Lipinski definition) is 2. The maximum Gasteiger partial charge on any atom is 0.238 e. The highest BCUT2D eigenvalue weighted by Gasteiger charge is 2.13. The van der Waals surface area contributed by atoms with Crippen molar-refractivity contribution in [3.8, 4) is 0 Å². The van der Waals surface area contributed by atoms with Crippen LogP contribution in [0.1, 0.15) is 51.0 Å². The van der Waals surface area contributed by atoms with Crippen LogP contribution in [0, 0.1) is 0 Å². The summed E-state index contributed by atoms with van der Waals surface area (Å²) in [6.45, 7) is 2.53. The van der Waals surface area contributed by atoms with Gasteiger partial charge < -0.3 is 10.6 Å². The van der Waals surface area contributed by atoms with Crippen LogP contribution in [-0.2, 0) is 11.2 Å². The normalized spacial score (nSPS) is 16.6. The number of nitrogens with one attached hydrogen (secondary N) is 2. The van der Waals surface area contributed by atoms with Crippen molar-refractivity contribution in [2.24, 2.45) is 0 Å². The minimum atomic E-state index is 0.0650. The smallest absolute Gasteiger partial charge is 0.238 e. The van der Waals surface area contributed by atoms with Gasteiger partial charge in [-0.3, -0.25) is 4.79 Å². The van der Waals surface area contributed by atoms with E-state index in [0.29, 0.717) is 12.6 Å². The minimum absolute atomic E-state index is 0.0650. The molecule has 1 amide bonds. The van der Waals surface area contributed by atoms with Gasteiger partial charge in [-0.2, -0.15) is 0 Å². The van der Waals surface area contributed by atoms with Gasteiger partial charge in [-0.05, 0) is 30.9 Å². The average Bonchev–Trinajstić information content (AvgIpc) is 2.74. The van der Waals surface area contributed by atoms with Gasteiger partial charge in [-0.1, -0.05) is 50.8 Å². The fourth-order valence-electron chi connectivity index (χ4n) is 2.87. The number of anilines is 1. The molecule has 0 unspecified atom stereocenters. The van der Waals surface area contributed by atoms with Crippen LogP contribution in [0.3, 0.4) is 0 Å². The van der Waals surface area contributed by atoms with Gasteiger partial charge in [0.05, 0.1) is 6.54 Å². The molecular formula is C17H26N2O. The van der Waals surface area contributed by atoms with Crippen LogP contribution in [0.25, 0.3) is 0 Å². The van der Waals surface area contributed by atoms with E-state index in [1.165, 1.54) is 44.1 Å². The number of aryl methyl sites for hydroxylation is 1. The second kappa shape index (κ2) is 8.05. The highest BCUT2D eigenvalue weighted by atomic mass is 16.1. The van der Waals surface area contributed by atoms with Gasteiger partial charge in [0.15, 0.2) is 0 Å². The van der Waals surface area contributed by atoms with Crippen molar-refractivity contribution >= 4 is 11.6 Å². The molecule has 1 saturated carbocycles. The van der Waals surface area contributed by atoms with Crippen molar-refractivity contribution in [1.29, 1.82) is 0 Å². The molecule has 0 radical (unpaired) electrons. The molecule has 0 heterocycles. The molecule has 0 aliphatic heterocycles. The third-order valence-electron chi connectivity index (χ3n) is 4.08. The van der Waals surface area contributed by atoms with E-state index in [0.717, 1.165) is 12.1 Å². The van der Waals surface area contributed by atoms with E-state index in [9.17, 15) is 4.79 Å². The molecule has 1 aromatic rings. The summed E-state index contributed by atoms with van der Waals surface area (Å²) < 4.78 is 0. The number of rotatable bonds is 5. The summed E-state index contributed by atoms with van der Waals surface area (Å²) in [4.78, 5) is 12.0. The molecule has 2 rings (SSSR count). The van der Waals surface area contributed by atoms with E-state index in [-0.39, 0.29) is 5.91 Å². The van der Waals surface area contributed by atoms with E-state index >= 15 is 0 Å². The second-order valence-corrected chi connectivity index (χ2v) is 5.63. The lowest BCUT2D eigenvalue weighted by Crippen LogP contribution is -2.36. The summed E-state index contributed by atoms with van der Waals surface area (Å²) >= 11 is 0. The molecule has 3 nitrogen and oxygen atoms in total. The van der Waals surface area contributed by atoms with E-state index in [2.05, 4.69) is 23.6 Å². The lowest BCUT2D eigenvalue weighted by Gasteiger charge is -2.16. The third-order valence-corrected chi connectivity index (χ3v) is 4.08. The van der Waals surface area contributed by atoms with Crippen LogP contribution >= 0.6 is 0 Å². The molecule has 1 fully saturated rings. The summed E-state index contributed by atoms with van der Waals surface area (Å²) in [5, 5.41) is 6.42. The SMILES string of the molecule is CCc1ccccc1NC(=O)CNC1CCCCCC1. The van der Waals surface area contributed by atoms with Gasteiger partial charge in [-0.25, -0.2) is 0 Å². The van der Waals surface area contributed by atoms with Crippen LogP contribution < -0.4 is 10.6 Å². The Bertz CT molecular complexity index is 423. The van der Waals surface area contributed by atoms with E-state index in [1.807, 2.05) is 18.2 Å². The quantitative estimate of drug-likeness (QED) is 0.807. The number of carbonyl (C=O) groups is 1. The lowest BCUT2D eigenvalue weighted by molar-refractivity contribution is -0.115. The maximum atomic E-state index is 12.0. The maximum absolute atomic E-state index is 12.0. The van der Waals surface area contributed by atoms with Crippen LogP contribution in [0.15, 0.2) is 24.3 Å². The first-order chi connectivity index (χ1) is 9.79. The van der Waals surface area contributed by atoms with Crippen molar-refractivity contribution in [3.63, 3.8) is 0 Å². The molecule has 110 valence electrons. The van der Waals surface area contributed by atoms with Crippen LogP contribution in [-0.4, -0.2) is 18.5 Å². The molecule has 3 heteroatoms. The zero-order valence-electron chi connectivity index (χ0n) is 12.5. The second-order valence-electron chi connectivity index (χ2n) is 5.63. The molecule has 0 saturated heterocycles. The van der Waals surface area contributed by atoms with Crippen molar-refractivity contribution in [2.45, 2.75) is 57.9 Å². The van der Waals surface area contributed by atoms with E-state index in [4.69, 9.17) is 0 Å². The van der Waals surface area contributed by atoms with Gasteiger partial charge in [-0.15, -0.1) is 0 Å². The Hall–Kier alpha value is -1.35. The van der Waals surface area contributed by atoms with Gasteiger partial charge >= 0.3 is 0 Å². The van der Waals surface area contributed by atoms with Crippen molar-refractivity contribution in [1.82, 2.24) is 5.32 Å². The largest absolute Gasteiger partial charge is 0.325 e. The Morgan fingerprint density at radius 3 is 2.55 bits per heavy atom. The number of amides is 1. The molecule has 20 heavy (non-hydrogen) atoms. The molecule has 2 N–H and O–H groups in total. The van der Waals surface area contributed by atoms with Crippen molar-refractivity contribution in [3.05, 3.63) is 29.8 Å². The Kier molecular flexibility index (Phi) is 6.06. The highest BCUT2D eigenvalue weighted by molar-refractivity contribution is 5.93. The molecule has 1 aromatic carbocycles. The fourth-order valence-corrected chi connectivity index (χ4v) is 2.87. The number of carbonyl (C=O) groups excluding carboxylic acids is 1. The van der Waals surface area contributed by atoms with E-state index in [1.54, 1.807) is 0 Å². The minimum Gasteiger partial charge on any atom is -0.325 e. The Balaban J connectivity index is 1.80. The Morgan fingerprint density at radius 2 is 1.85 bits per heavy atom. The number of benzene rings is 1. The number of hydrogen-bond acceptors (Lipinski definition) is 2. The fraction of sp³-hybridized carbons (Fsp3) is 0.588. The molecule has 1 aliphatic carbocycles. The Morgan fingerprint density at radius 1 is 1.15 bits per heavy atom. The monoisotopic (exact) mass is 274 g/mol. The first-order valence-electron chi connectivity index (χ1n) is 7.90. The standard InChI is InChI=1S/C17H26N2O/c1-2-14-9-7-8-12-16(14)19-17(20)13-18-15-10-5-3-4-6-11-15/h7-9,12,15,18H,2-6,10-11,13H2,1H3,(H,19,20). The molecule has 0 bridgehead atoms. The predicted octanol–water partition coefficient (Wildman–Crippen LogP) is 3.50. The van der Waals surface area contributed by atoms with Crippen LogP contribution in [0.5, 0.6) is 0 Å². The summed E-state index contributed by atoms with van der Waals surface area (Å²) in [6, 6.07) is 8.53. The molecular weight excluding hydrogens is 248 g/mol. The van der Waals surface area contributed by atoms with Gasteiger partial charge in [0.2, 0.25) is 5.91 Å². The molecule has 0 spiro atoms. The first kappa shape index (κ1) is 15.0. The predicted molar refractivity (Wildman–Crippen MR) is 83.9 cm³/mol. The van der Waals surface area contributed by atoms with E-state index < -0.39 is 0 Å². The lowest BCUT2D eigenvalue weighted by atomic mass is 10.1.